The van der Waals surface area contributed by atoms with Gasteiger partial charge in [-0.25, -0.2) is 0 Å². The van der Waals surface area contributed by atoms with E-state index in [0.717, 1.165) is 43.1 Å². The van der Waals surface area contributed by atoms with E-state index in [1.54, 1.807) is 11.8 Å². The van der Waals surface area contributed by atoms with Crippen LogP contribution >= 0.6 is 23.4 Å². The van der Waals surface area contributed by atoms with Crippen LogP contribution in [-0.4, -0.2) is 35.7 Å². The van der Waals surface area contributed by atoms with Gasteiger partial charge in [-0.05, 0) is 56.2 Å². The molecule has 2 unspecified atom stereocenters. The van der Waals surface area contributed by atoms with Crippen molar-refractivity contribution in [2.24, 2.45) is 0 Å². The molecule has 0 radical (unpaired) electrons. The van der Waals surface area contributed by atoms with Gasteiger partial charge >= 0.3 is 0 Å². The lowest BCUT2D eigenvalue weighted by atomic mass is 9.76. The molecule has 2 aliphatic rings. The zero-order chi connectivity index (χ0) is 16.2. The van der Waals surface area contributed by atoms with Crippen LogP contribution in [-0.2, 0) is 9.53 Å². The van der Waals surface area contributed by atoms with E-state index in [2.05, 4.69) is 17.4 Å². The van der Waals surface area contributed by atoms with Crippen LogP contribution in [0.25, 0.3) is 0 Å². The molecule has 3 rings (SSSR count). The van der Waals surface area contributed by atoms with Gasteiger partial charge in [-0.1, -0.05) is 23.7 Å². The van der Waals surface area contributed by atoms with Crippen molar-refractivity contribution in [2.75, 3.05) is 12.4 Å². The highest BCUT2D eigenvalue weighted by atomic mass is 35.5. The quantitative estimate of drug-likeness (QED) is 0.840. The van der Waals surface area contributed by atoms with Crippen molar-refractivity contribution in [3.05, 3.63) is 34.9 Å². The molecule has 1 aliphatic carbocycles. The Labute approximate surface area is 147 Å². The number of nitrogens with one attached hydrogen (secondary N) is 1. The number of hydrogen-bond donors (Lipinski definition) is 1. The number of benzene rings is 1. The molecule has 0 bridgehead atoms. The Hall–Kier alpha value is -0.710. The molecular formula is C18H24ClNO2S. The van der Waals surface area contributed by atoms with Gasteiger partial charge in [0.05, 0.1) is 11.4 Å². The molecule has 0 spiro atoms. The van der Waals surface area contributed by atoms with Crippen molar-refractivity contribution in [2.45, 2.75) is 55.9 Å². The van der Waals surface area contributed by atoms with Gasteiger partial charge in [0.25, 0.3) is 0 Å². The second-order valence-corrected chi connectivity index (χ2v) is 8.35. The number of hydrogen-bond acceptors (Lipinski definition) is 3. The minimum Gasteiger partial charge on any atom is -0.377 e. The van der Waals surface area contributed by atoms with Crippen molar-refractivity contribution in [1.29, 1.82) is 0 Å². The Morgan fingerprint density at radius 1 is 1.39 bits per heavy atom. The summed E-state index contributed by atoms with van der Waals surface area (Å²) >= 11 is 7.62. The SMILES string of the molecule is CC(SCC1CCCO1)C(=O)NC1CC(c2ccc(Cl)cc2)C1. The molecule has 2 atom stereocenters. The molecule has 2 fully saturated rings. The lowest BCUT2D eigenvalue weighted by Crippen LogP contribution is -2.46. The summed E-state index contributed by atoms with van der Waals surface area (Å²) in [6, 6.07) is 8.36. The minimum absolute atomic E-state index is 0.00576. The molecule has 3 nitrogen and oxygen atoms in total. The monoisotopic (exact) mass is 353 g/mol. The highest BCUT2D eigenvalue weighted by Gasteiger charge is 2.32. The first kappa shape index (κ1) is 17.1. The molecule has 1 N–H and O–H groups in total. The zero-order valence-electron chi connectivity index (χ0n) is 13.5. The van der Waals surface area contributed by atoms with Gasteiger partial charge in [-0.15, -0.1) is 11.8 Å². The predicted molar refractivity (Wildman–Crippen MR) is 96.3 cm³/mol. The molecule has 1 aliphatic heterocycles. The van der Waals surface area contributed by atoms with Gasteiger partial charge in [0.1, 0.15) is 0 Å². The summed E-state index contributed by atoms with van der Waals surface area (Å²) in [6.07, 6.45) is 4.67. The number of halogens is 1. The summed E-state index contributed by atoms with van der Waals surface area (Å²) < 4.78 is 5.61. The maximum Gasteiger partial charge on any atom is 0.233 e. The molecular weight excluding hydrogens is 330 g/mol. The van der Waals surface area contributed by atoms with Crippen molar-refractivity contribution >= 4 is 29.3 Å². The zero-order valence-corrected chi connectivity index (χ0v) is 15.0. The van der Waals surface area contributed by atoms with E-state index in [-0.39, 0.29) is 11.2 Å². The predicted octanol–water partition coefficient (Wildman–Crippen LogP) is 4.00. The fourth-order valence-corrected chi connectivity index (χ4v) is 4.28. The van der Waals surface area contributed by atoms with Crippen LogP contribution in [0.5, 0.6) is 0 Å². The topological polar surface area (TPSA) is 38.3 Å². The summed E-state index contributed by atoms with van der Waals surface area (Å²) in [5.74, 6) is 1.63. The number of carbonyl (C=O) groups excluding carboxylic acids is 1. The van der Waals surface area contributed by atoms with E-state index in [0.29, 0.717) is 18.1 Å². The lowest BCUT2D eigenvalue weighted by molar-refractivity contribution is -0.121. The Morgan fingerprint density at radius 2 is 2.13 bits per heavy atom. The van der Waals surface area contributed by atoms with Crippen LogP contribution < -0.4 is 5.32 Å². The summed E-state index contributed by atoms with van der Waals surface area (Å²) in [5, 5.41) is 3.94. The van der Waals surface area contributed by atoms with E-state index < -0.39 is 0 Å². The Morgan fingerprint density at radius 3 is 2.78 bits per heavy atom. The van der Waals surface area contributed by atoms with Crippen molar-refractivity contribution < 1.29 is 9.53 Å². The average molecular weight is 354 g/mol. The maximum absolute atomic E-state index is 12.2. The van der Waals surface area contributed by atoms with Gasteiger partial charge in [-0.2, -0.15) is 0 Å². The van der Waals surface area contributed by atoms with Crippen LogP contribution in [0.4, 0.5) is 0 Å². The van der Waals surface area contributed by atoms with Crippen LogP contribution in [0.2, 0.25) is 5.02 Å². The van der Waals surface area contributed by atoms with Gasteiger partial charge in [0, 0.05) is 23.4 Å². The molecule has 5 heteroatoms. The summed E-state index contributed by atoms with van der Waals surface area (Å²) in [5.41, 5.74) is 1.32. The molecule has 1 saturated heterocycles. The second-order valence-electron chi connectivity index (χ2n) is 6.54. The Balaban J connectivity index is 1.36. The van der Waals surface area contributed by atoms with Crippen LogP contribution in [0.15, 0.2) is 24.3 Å². The van der Waals surface area contributed by atoms with E-state index in [9.17, 15) is 4.79 Å². The van der Waals surface area contributed by atoms with Gasteiger partial charge in [0.2, 0.25) is 5.91 Å². The molecule has 1 saturated carbocycles. The van der Waals surface area contributed by atoms with Gasteiger partial charge in [0.15, 0.2) is 0 Å². The van der Waals surface area contributed by atoms with Gasteiger partial charge in [-0.3, -0.25) is 4.79 Å². The van der Waals surface area contributed by atoms with E-state index in [4.69, 9.17) is 16.3 Å². The lowest BCUT2D eigenvalue weighted by Gasteiger charge is -2.36. The standard InChI is InChI=1S/C18H24ClNO2S/c1-12(23-11-17-3-2-8-22-17)18(21)20-16-9-14(10-16)13-4-6-15(19)7-5-13/h4-7,12,14,16-17H,2-3,8-11H2,1H3,(H,20,21). The first-order chi connectivity index (χ1) is 11.1. The highest BCUT2D eigenvalue weighted by molar-refractivity contribution is 8.00. The smallest absolute Gasteiger partial charge is 0.233 e. The largest absolute Gasteiger partial charge is 0.377 e. The fourth-order valence-electron chi connectivity index (χ4n) is 3.16. The first-order valence-electron chi connectivity index (χ1n) is 8.41. The summed E-state index contributed by atoms with van der Waals surface area (Å²) in [7, 11) is 0. The highest BCUT2D eigenvalue weighted by Crippen LogP contribution is 2.37. The normalized spacial score (nSPS) is 28.2. The number of carbonyl (C=O) groups is 1. The molecule has 1 amide bonds. The number of ether oxygens (including phenoxy) is 1. The Kier molecular flexibility index (Phi) is 5.89. The Bertz CT molecular complexity index is 524. The van der Waals surface area contributed by atoms with E-state index >= 15 is 0 Å². The molecule has 1 heterocycles. The minimum atomic E-state index is -0.00576. The average Bonchev–Trinajstić information content (AvgIpc) is 3.02. The third-order valence-corrected chi connectivity index (χ3v) is 6.28. The third kappa shape index (κ3) is 4.65. The molecule has 126 valence electrons. The summed E-state index contributed by atoms with van der Waals surface area (Å²) in [4.78, 5) is 12.2. The number of thioether (sulfide) groups is 1. The third-order valence-electron chi connectivity index (χ3n) is 4.75. The maximum atomic E-state index is 12.2. The second kappa shape index (κ2) is 7.91. The van der Waals surface area contributed by atoms with E-state index in [1.807, 2.05) is 19.1 Å². The summed E-state index contributed by atoms with van der Waals surface area (Å²) in [6.45, 7) is 2.87. The van der Waals surface area contributed by atoms with Crippen LogP contribution in [0.3, 0.4) is 0 Å². The molecule has 1 aromatic carbocycles. The van der Waals surface area contributed by atoms with Crippen molar-refractivity contribution in [3.8, 4) is 0 Å². The van der Waals surface area contributed by atoms with Crippen molar-refractivity contribution in [3.63, 3.8) is 0 Å². The van der Waals surface area contributed by atoms with E-state index in [1.165, 1.54) is 5.56 Å². The van der Waals surface area contributed by atoms with Crippen molar-refractivity contribution in [1.82, 2.24) is 5.32 Å². The molecule has 0 aromatic heterocycles. The fraction of sp³-hybridized carbons (Fsp3) is 0.611. The number of rotatable bonds is 6. The van der Waals surface area contributed by atoms with Crippen LogP contribution in [0, 0.1) is 0 Å². The number of amides is 1. The first-order valence-corrected chi connectivity index (χ1v) is 9.83. The van der Waals surface area contributed by atoms with Crippen LogP contribution in [0.1, 0.15) is 44.1 Å². The molecule has 1 aromatic rings. The van der Waals surface area contributed by atoms with Gasteiger partial charge < -0.3 is 10.1 Å². The molecule has 23 heavy (non-hydrogen) atoms.